The minimum Gasteiger partial charge on any atom is -0.396 e. The molecule has 0 aliphatic carbocycles. The summed E-state index contributed by atoms with van der Waals surface area (Å²) < 4.78 is 22.2. The van der Waals surface area contributed by atoms with Gasteiger partial charge >= 0.3 is 0 Å². The number of aliphatic hydroxyl groups is 1. The number of ether oxygens (including phenoxy) is 1. The monoisotopic (exact) mass is 514 g/mol. The van der Waals surface area contributed by atoms with E-state index in [0.29, 0.717) is 22.5 Å². The second kappa shape index (κ2) is 8.48. The van der Waals surface area contributed by atoms with Gasteiger partial charge in [0.2, 0.25) is 0 Å². The number of benzene rings is 3. The third-order valence-corrected chi connectivity index (χ3v) is 8.48. The van der Waals surface area contributed by atoms with Crippen molar-refractivity contribution >= 4 is 39.6 Å². The van der Waals surface area contributed by atoms with Crippen molar-refractivity contribution in [2.75, 3.05) is 23.0 Å². The number of nitrogens with zero attached hydrogens (tertiary/aromatic N) is 2. The number of rotatable bonds is 6. The maximum atomic E-state index is 15.6. The molecule has 0 bridgehead atoms. The lowest BCUT2D eigenvalue weighted by Crippen LogP contribution is -2.45. The summed E-state index contributed by atoms with van der Waals surface area (Å²) in [5.41, 5.74) is 0.213. The second-order valence-corrected chi connectivity index (χ2v) is 11.0. The standard InChI is InChI=1S/C31H31FN2O4/c1-5-15-33-23-13-12-20(34-24-11-7-9-19-8-6-10-21(26(19)24)28(34)36)17-22(23)31(29(33)37)18(2)27(30(3,4)32)25(38-31)14-16-35/h5-13,17-18,25,27,35H,1,14-16H2,2-4H3/t18-,25+,27-,31+/m0/s1. The minimum atomic E-state index is -1.64. The lowest BCUT2D eigenvalue weighted by atomic mass is 9.71. The summed E-state index contributed by atoms with van der Waals surface area (Å²) in [5, 5.41) is 11.6. The number of aliphatic hydroxyl groups excluding tert-OH is 1. The Morgan fingerprint density at radius 1 is 1.13 bits per heavy atom. The van der Waals surface area contributed by atoms with Crippen LogP contribution in [0.15, 0.2) is 67.3 Å². The van der Waals surface area contributed by atoms with E-state index in [2.05, 4.69) is 6.58 Å². The zero-order chi connectivity index (χ0) is 27.0. The van der Waals surface area contributed by atoms with Gasteiger partial charge in [0.15, 0.2) is 5.60 Å². The summed E-state index contributed by atoms with van der Waals surface area (Å²) in [6.07, 6.45) is 1.22. The number of fused-ring (bicyclic) bond motifs is 2. The molecule has 0 radical (unpaired) electrons. The van der Waals surface area contributed by atoms with E-state index in [4.69, 9.17) is 4.74 Å². The van der Waals surface area contributed by atoms with Crippen molar-refractivity contribution in [1.29, 1.82) is 0 Å². The number of hydrogen-bond donors (Lipinski definition) is 1. The number of amides is 2. The number of hydrogen-bond acceptors (Lipinski definition) is 4. The highest BCUT2D eigenvalue weighted by Gasteiger charge is 2.66. The Kier molecular flexibility index (Phi) is 5.53. The molecule has 0 unspecified atom stereocenters. The van der Waals surface area contributed by atoms with Crippen molar-refractivity contribution in [2.24, 2.45) is 11.8 Å². The fourth-order valence-corrected chi connectivity index (χ4v) is 7.05. The Hall–Kier alpha value is -3.55. The highest BCUT2D eigenvalue weighted by molar-refractivity contribution is 6.28. The van der Waals surface area contributed by atoms with Crippen LogP contribution in [0.25, 0.3) is 10.8 Å². The van der Waals surface area contributed by atoms with Gasteiger partial charge in [-0.1, -0.05) is 37.3 Å². The van der Waals surface area contributed by atoms with Crippen LogP contribution in [0.2, 0.25) is 0 Å². The molecule has 3 aromatic carbocycles. The van der Waals surface area contributed by atoms with Crippen LogP contribution >= 0.6 is 0 Å². The van der Waals surface area contributed by atoms with Crippen LogP contribution in [-0.2, 0) is 15.1 Å². The third-order valence-electron chi connectivity index (χ3n) is 8.48. The van der Waals surface area contributed by atoms with Gasteiger partial charge in [0.1, 0.15) is 5.67 Å². The predicted molar refractivity (Wildman–Crippen MR) is 146 cm³/mol. The van der Waals surface area contributed by atoms with Crippen LogP contribution in [0, 0.1) is 11.8 Å². The Bertz CT molecular complexity index is 1490. The molecule has 1 fully saturated rings. The first-order valence-corrected chi connectivity index (χ1v) is 13.1. The van der Waals surface area contributed by atoms with Gasteiger partial charge in [-0.3, -0.25) is 14.5 Å². The number of anilines is 3. The molecule has 0 saturated carbocycles. The summed E-state index contributed by atoms with van der Waals surface area (Å²) in [6.45, 7) is 8.76. The van der Waals surface area contributed by atoms with E-state index in [9.17, 15) is 14.7 Å². The van der Waals surface area contributed by atoms with Gasteiger partial charge in [0, 0.05) is 41.6 Å². The molecule has 3 aliphatic heterocycles. The van der Waals surface area contributed by atoms with Crippen LogP contribution in [-0.4, -0.2) is 41.8 Å². The smallest absolute Gasteiger partial charge is 0.264 e. The molecule has 2 amide bonds. The van der Waals surface area contributed by atoms with Crippen molar-refractivity contribution in [1.82, 2.24) is 0 Å². The summed E-state index contributed by atoms with van der Waals surface area (Å²) in [5.74, 6) is -1.56. The summed E-state index contributed by atoms with van der Waals surface area (Å²) in [7, 11) is 0. The quantitative estimate of drug-likeness (QED) is 0.432. The average Bonchev–Trinajstić information content (AvgIpc) is 3.43. The van der Waals surface area contributed by atoms with Crippen molar-refractivity contribution in [3.63, 3.8) is 0 Å². The SMILES string of the molecule is C=CCN1C(=O)[C@]2(O[C@H](CCO)[C@@H](C(C)(C)F)[C@@H]2C)c2cc(N3C(=O)c4cccc5cccc3c45)ccc21. The minimum absolute atomic E-state index is 0.139. The van der Waals surface area contributed by atoms with Gasteiger partial charge in [-0.25, -0.2) is 4.39 Å². The van der Waals surface area contributed by atoms with E-state index >= 15 is 4.39 Å². The van der Waals surface area contributed by atoms with E-state index in [1.54, 1.807) is 15.9 Å². The first kappa shape index (κ1) is 24.8. The van der Waals surface area contributed by atoms with E-state index in [1.165, 1.54) is 13.8 Å². The average molecular weight is 515 g/mol. The van der Waals surface area contributed by atoms with Crippen LogP contribution in [0.5, 0.6) is 0 Å². The van der Waals surface area contributed by atoms with Gasteiger partial charge in [-0.05, 0) is 56.0 Å². The number of carbonyl (C=O) groups is 2. The first-order chi connectivity index (χ1) is 18.1. The fraction of sp³-hybridized carbons (Fsp3) is 0.355. The molecule has 38 heavy (non-hydrogen) atoms. The number of carbonyl (C=O) groups excluding carboxylic acids is 2. The highest BCUT2D eigenvalue weighted by Crippen LogP contribution is 2.59. The van der Waals surface area contributed by atoms with Gasteiger partial charge < -0.3 is 14.7 Å². The topological polar surface area (TPSA) is 70.1 Å². The van der Waals surface area contributed by atoms with Crippen LogP contribution in [0.3, 0.4) is 0 Å². The van der Waals surface area contributed by atoms with E-state index in [-0.39, 0.29) is 31.4 Å². The normalized spacial score (nSPS) is 26.2. The summed E-state index contributed by atoms with van der Waals surface area (Å²) in [4.78, 5) is 31.1. The number of alkyl halides is 1. The highest BCUT2D eigenvalue weighted by atomic mass is 19.1. The molecule has 4 atom stereocenters. The molecule has 6 nitrogen and oxygen atoms in total. The summed E-state index contributed by atoms with van der Waals surface area (Å²) >= 11 is 0. The molecule has 6 rings (SSSR count). The summed E-state index contributed by atoms with van der Waals surface area (Å²) in [6, 6.07) is 17.0. The Morgan fingerprint density at radius 3 is 2.55 bits per heavy atom. The molecule has 1 saturated heterocycles. The maximum Gasteiger partial charge on any atom is 0.264 e. The Morgan fingerprint density at radius 2 is 1.87 bits per heavy atom. The number of halogens is 1. The van der Waals surface area contributed by atoms with Gasteiger partial charge in [0.25, 0.3) is 11.8 Å². The van der Waals surface area contributed by atoms with Crippen molar-refractivity contribution in [2.45, 2.75) is 44.6 Å². The van der Waals surface area contributed by atoms with Gasteiger partial charge in [-0.2, -0.15) is 0 Å². The zero-order valence-electron chi connectivity index (χ0n) is 21.8. The van der Waals surface area contributed by atoms with Crippen LogP contribution < -0.4 is 9.80 Å². The van der Waals surface area contributed by atoms with Crippen LogP contribution in [0.1, 0.15) is 43.1 Å². The van der Waals surface area contributed by atoms with E-state index < -0.39 is 29.2 Å². The molecule has 196 valence electrons. The Balaban J connectivity index is 1.54. The fourth-order valence-electron chi connectivity index (χ4n) is 7.05. The third kappa shape index (κ3) is 3.18. The van der Waals surface area contributed by atoms with Gasteiger partial charge in [0.05, 0.1) is 23.0 Å². The molecule has 1 N–H and O–H groups in total. The zero-order valence-corrected chi connectivity index (χ0v) is 21.8. The van der Waals surface area contributed by atoms with Crippen molar-refractivity contribution in [3.05, 3.63) is 78.4 Å². The molecule has 3 aliphatic rings. The molecular weight excluding hydrogens is 483 g/mol. The van der Waals surface area contributed by atoms with Crippen molar-refractivity contribution in [3.8, 4) is 0 Å². The maximum absolute atomic E-state index is 15.6. The lowest BCUT2D eigenvalue weighted by molar-refractivity contribution is -0.146. The van der Waals surface area contributed by atoms with Gasteiger partial charge in [-0.15, -0.1) is 6.58 Å². The second-order valence-electron chi connectivity index (χ2n) is 11.0. The Labute approximate surface area is 221 Å². The molecule has 7 heteroatoms. The first-order valence-electron chi connectivity index (χ1n) is 13.1. The van der Waals surface area contributed by atoms with E-state index in [1.807, 2.05) is 61.5 Å². The molecule has 0 aromatic heterocycles. The predicted octanol–water partition coefficient (Wildman–Crippen LogP) is 5.64. The van der Waals surface area contributed by atoms with E-state index in [0.717, 1.165) is 16.5 Å². The molecule has 1 spiro atoms. The molecule has 3 heterocycles. The van der Waals surface area contributed by atoms with Crippen LogP contribution in [0.4, 0.5) is 21.5 Å². The molecular formula is C31H31FN2O4. The largest absolute Gasteiger partial charge is 0.396 e. The molecule has 3 aromatic rings. The van der Waals surface area contributed by atoms with Crippen molar-refractivity contribution < 1.29 is 23.8 Å². The lowest BCUT2D eigenvalue weighted by Gasteiger charge is -2.32.